The molecule has 1 amide bonds. The predicted octanol–water partition coefficient (Wildman–Crippen LogP) is 1.51. The molecule has 0 spiro atoms. The summed E-state index contributed by atoms with van der Waals surface area (Å²) in [4.78, 5) is 16.0. The van der Waals surface area contributed by atoms with E-state index in [2.05, 4.69) is 25.5 Å². The quantitative estimate of drug-likeness (QED) is 0.462. The molecule has 1 aliphatic carbocycles. The molecule has 144 valence electrons. The van der Waals surface area contributed by atoms with Crippen molar-refractivity contribution in [1.29, 1.82) is 0 Å². The molecule has 0 atom stereocenters. The van der Waals surface area contributed by atoms with Gasteiger partial charge in [0.15, 0.2) is 12.6 Å². The Kier molecular flexibility index (Phi) is 6.73. The van der Waals surface area contributed by atoms with Crippen LogP contribution in [0.1, 0.15) is 18.4 Å². The molecule has 1 saturated carbocycles. The third kappa shape index (κ3) is 6.69. The first kappa shape index (κ1) is 18.8. The van der Waals surface area contributed by atoms with Gasteiger partial charge in [0.25, 0.3) is 5.91 Å². The van der Waals surface area contributed by atoms with Crippen molar-refractivity contribution in [3.63, 3.8) is 0 Å². The van der Waals surface area contributed by atoms with Crippen molar-refractivity contribution < 1.29 is 9.53 Å². The number of hydrogen-bond donors (Lipinski definition) is 3. The fourth-order valence-electron chi connectivity index (χ4n) is 2.62. The van der Waals surface area contributed by atoms with Crippen LogP contribution in [0.15, 0.2) is 53.8 Å². The number of aromatic nitrogens is 1. The van der Waals surface area contributed by atoms with Crippen LogP contribution in [0.25, 0.3) is 0 Å². The highest BCUT2D eigenvalue weighted by molar-refractivity contribution is 5.79. The number of benzene rings is 1. The number of hydrogen-bond acceptors (Lipinski definition) is 3. The highest BCUT2D eigenvalue weighted by Gasteiger charge is 2.23. The van der Waals surface area contributed by atoms with Crippen molar-refractivity contribution >= 4 is 11.9 Å². The lowest BCUT2D eigenvalue weighted by atomic mass is 10.2. The SMILES string of the molecule is CN=C(NCCn1cccc1)NCc1cccc(OCC(=O)NC2CC2)c1. The van der Waals surface area contributed by atoms with Crippen molar-refractivity contribution in [3.8, 4) is 5.75 Å². The Hall–Kier alpha value is -2.96. The summed E-state index contributed by atoms with van der Waals surface area (Å²) in [5.74, 6) is 1.38. The number of rotatable bonds is 9. The molecule has 3 rings (SSSR count). The Morgan fingerprint density at radius 3 is 2.78 bits per heavy atom. The second-order valence-electron chi connectivity index (χ2n) is 6.55. The van der Waals surface area contributed by atoms with E-state index in [-0.39, 0.29) is 12.5 Å². The average Bonchev–Trinajstić information content (AvgIpc) is 3.34. The van der Waals surface area contributed by atoms with E-state index in [1.54, 1.807) is 7.05 Å². The summed E-state index contributed by atoms with van der Waals surface area (Å²) in [6.45, 7) is 2.33. The number of carbonyl (C=O) groups is 1. The first-order chi connectivity index (χ1) is 13.2. The monoisotopic (exact) mass is 369 g/mol. The van der Waals surface area contributed by atoms with Crippen LogP contribution in [0, 0.1) is 0 Å². The van der Waals surface area contributed by atoms with Gasteiger partial charge in [-0.25, -0.2) is 0 Å². The molecule has 27 heavy (non-hydrogen) atoms. The zero-order valence-corrected chi connectivity index (χ0v) is 15.6. The van der Waals surface area contributed by atoms with Gasteiger partial charge in [0.1, 0.15) is 5.75 Å². The molecule has 7 heteroatoms. The fraction of sp³-hybridized carbons (Fsp3) is 0.400. The Morgan fingerprint density at radius 1 is 1.22 bits per heavy atom. The number of amides is 1. The van der Waals surface area contributed by atoms with Crippen molar-refractivity contribution in [1.82, 2.24) is 20.5 Å². The molecule has 0 bridgehead atoms. The minimum atomic E-state index is -0.0617. The first-order valence-corrected chi connectivity index (χ1v) is 9.29. The summed E-state index contributed by atoms with van der Waals surface area (Å²) in [5, 5.41) is 9.49. The van der Waals surface area contributed by atoms with Gasteiger partial charge in [0.2, 0.25) is 0 Å². The molecule has 0 saturated heterocycles. The van der Waals surface area contributed by atoms with Gasteiger partial charge in [-0.3, -0.25) is 9.79 Å². The lowest BCUT2D eigenvalue weighted by Gasteiger charge is -2.13. The smallest absolute Gasteiger partial charge is 0.258 e. The molecule has 2 aromatic rings. The number of aliphatic imine (C=N–C) groups is 1. The largest absolute Gasteiger partial charge is 0.484 e. The van der Waals surface area contributed by atoms with Crippen molar-refractivity contribution in [2.75, 3.05) is 20.2 Å². The standard InChI is InChI=1S/C20H27N5O2/c1-21-20(22-9-12-25-10-2-3-11-25)23-14-16-5-4-6-18(13-16)27-15-19(26)24-17-7-8-17/h2-6,10-11,13,17H,7-9,12,14-15H2,1H3,(H,24,26)(H2,21,22,23). The number of ether oxygens (including phenoxy) is 1. The second-order valence-corrected chi connectivity index (χ2v) is 6.55. The van der Waals surface area contributed by atoms with E-state index in [1.807, 2.05) is 48.8 Å². The molecule has 1 aromatic carbocycles. The summed E-state index contributed by atoms with van der Waals surface area (Å²) in [5.41, 5.74) is 1.06. The van der Waals surface area contributed by atoms with Gasteiger partial charge >= 0.3 is 0 Å². The third-order valence-electron chi connectivity index (χ3n) is 4.22. The van der Waals surface area contributed by atoms with Crippen LogP contribution in [0.5, 0.6) is 5.75 Å². The Bertz CT molecular complexity index is 753. The molecule has 3 N–H and O–H groups in total. The number of nitrogens with zero attached hydrogens (tertiary/aromatic N) is 2. The van der Waals surface area contributed by atoms with Crippen LogP contribution in [0.4, 0.5) is 0 Å². The molecular weight excluding hydrogens is 342 g/mol. The number of carbonyl (C=O) groups excluding carboxylic acids is 1. The maximum Gasteiger partial charge on any atom is 0.258 e. The zero-order chi connectivity index (χ0) is 18.9. The molecule has 1 aliphatic rings. The topological polar surface area (TPSA) is 79.7 Å². The van der Waals surface area contributed by atoms with E-state index in [4.69, 9.17) is 4.74 Å². The summed E-state index contributed by atoms with van der Waals surface area (Å²) in [6.07, 6.45) is 6.23. The summed E-state index contributed by atoms with van der Waals surface area (Å²) >= 11 is 0. The third-order valence-corrected chi connectivity index (χ3v) is 4.22. The van der Waals surface area contributed by atoms with Gasteiger partial charge in [-0.15, -0.1) is 0 Å². The van der Waals surface area contributed by atoms with Gasteiger partial charge in [-0.1, -0.05) is 12.1 Å². The van der Waals surface area contributed by atoms with Gasteiger partial charge in [-0.2, -0.15) is 0 Å². The van der Waals surface area contributed by atoms with E-state index < -0.39 is 0 Å². The summed E-state index contributed by atoms with van der Waals surface area (Å²) in [6, 6.07) is 12.1. The highest BCUT2D eigenvalue weighted by Crippen LogP contribution is 2.18. The summed E-state index contributed by atoms with van der Waals surface area (Å²) < 4.78 is 7.70. The van der Waals surface area contributed by atoms with Crippen LogP contribution in [-0.4, -0.2) is 42.7 Å². The maximum atomic E-state index is 11.7. The maximum absolute atomic E-state index is 11.7. The number of guanidine groups is 1. The highest BCUT2D eigenvalue weighted by atomic mass is 16.5. The average molecular weight is 369 g/mol. The fourth-order valence-corrected chi connectivity index (χ4v) is 2.62. The molecular formula is C20H27N5O2. The second kappa shape index (κ2) is 9.66. The summed E-state index contributed by atoms with van der Waals surface area (Å²) in [7, 11) is 1.75. The van der Waals surface area contributed by atoms with Gasteiger partial charge in [0.05, 0.1) is 0 Å². The lowest BCUT2D eigenvalue weighted by molar-refractivity contribution is -0.123. The molecule has 0 aliphatic heterocycles. The van der Waals surface area contributed by atoms with E-state index in [9.17, 15) is 4.79 Å². The van der Waals surface area contributed by atoms with Crippen LogP contribution >= 0.6 is 0 Å². The van der Waals surface area contributed by atoms with E-state index in [1.165, 1.54) is 0 Å². The molecule has 1 fully saturated rings. The molecule has 7 nitrogen and oxygen atoms in total. The molecule has 1 heterocycles. The lowest BCUT2D eigenvalue weighted by Crippen LogP contribution is -2.38. The van der Waals surface area contributed by atoms with E-state index in [0.29, 0.717) is 18.3 Å². The normalized spacial score (nSPS) is 13.9. The van der Waals surface area contributed by atoms with Gasteiger partial charge < -0.3 is 25.3 Å². The van der Waals surface area contributed by atoms with Gasteiger partial charge in [-0.05, 0) is 42.7 Å². The van der Waals surface area contributed by atoms with Crippen molar-refractivity contribution in [3.05, 3.63) is 54.4 Å². The van der Waals surface area contributed by atoms with Gasteiger partial charge in [0, 0.05) is 45.1 Å². The molecule has 0 radical (unpaired) electrons. The predicted molar refractivity (Wildman–Crippen MR) is 106 cm³/mol. The van der Waals surface area contributed by atoms with E-state index in [0.717, 1.165) is 37.5 Å². The molecule has 1 aromatic heterocycles. The Morgan fingerprint density at radius 2 is 2.04 bits per heavy atom. The van der Waals surface area contributed by atoms with Crippen LogP contribution in [-0.2, 0) is 17.9 Å². The minimum Gasteiger partial charge on any atom is -0.484 e. The minimum absolute atomic E-state index is 0.0516. The first-order valence-electron chi connectivity index (χ1n) is 9.29. The Balaban J connectivity index is 1.40. The van der Waals surface area contributed by atoms with Crippen LogP contribution < -0.4 is 20.7 Å². The van der Waals surface area contributed by atoms with Crippen LogP contribution in [0.2, 0.25) is 0 Å². The van der Waals surface area contributed by atoms with Crippen LogP contribution in [0.3, 0.4) is 0 Å². The zero-order valence-electron chi connectivity index (χ0n) is 15.6. The number of nitrogens with one attached hydrogen (secondary N) is 3. The Labute approximate surface area is 159 Å². The van der Waals surface area contributed by atoms with Crippen molar-refractivity contribution in [2.24, 2.45) is 4.99 Å². The van der Waals surface area contributed by atoms with E-state index >= 15 is 0 Å². The van der Waals surface area contributed by atoms with Crippen molar-refractivity contribution in [2.45, 2.75) is 32.0 Å². The molecule has 0 unspecified atom stereocenters.